The summed E-state index contributed by atoms with van der Waals surface area (Å²) >= 11 is 6.06. The molecular formula is C15H11ClN2O. The molecule has 3 nitrogen and oxygen atoms in total. The molecule has 0 saturated carbocycles. The predicted octanol–water partition coefficient (Wildman–Crippen LogP) is 3.38. The summed E-state index contributed by atoms with van der Waals surface area (Å²) in [5.74, 6) is -0.191. The third-order valence-electron chi connectivity index (χ3n) is 3.52. The number of fused-ring (bicyclic) bond motifs is 1. The SMILES string of the molecule is N#CC1CCn2c(C(=O)c3ccccc3Cl)ccc21. The smallest absolute Gasteiger partial charge is 0.210 e. The Morgan fingerprint density at radius 2 is 2.11 bits per heavy atom. The lowest BCUT2D eigenvalue weighted by molar-refractivity contribution is 0.103. The van der Waals surface area contributed by atoms with E-state index < -0.39 is 0 Å². The Hall–Kier alpha value is -2.05. The molecule has 2 heterocycles. The molecule has 94 valence electrons. The third kappa shape index (κ3) is 1.85. The standard InChI is InChI=1S/C15H11ClN2O/c16-12-4-2-1-3-11(12)15(19)14-6-5-13-10(9-17)7-8-18(13)14/h1-6,10H,7-8H2. The first-order chi connectivity index (χ1) is 9.22. The van der Waals surface area contributed by atoms with Crippen molar-refractivity contribution in [1.29, 1.82) is 5.26 Å². The van der Waals surface area contributed by atoms with Gasteiger partial charge in [-0.2, -0.15) is 5.26 Å². The predicted molar refractivity (Wildman–Crippen MR) is 72.3 cm³/mol. The fourth-order valence-corrected chi connectivity index (χ4v) is 2.78. The molecule has 19 heavy (non-hydrogen) atoms. The maximum atomic E-state index is 12.5. The quantitative estimate of drug-likeness (QED) is 0.785. The summed E-state index contributed by atoms with van der Waals surface area (Å²) in [5, 5.41) is 9.51. The zero-order valence-corrected chi connectivity index (χ0v) is 10.9. The first kappa shape index (κ1) is 12.0. The first-order valence-electron chi connectivity index (χ1n) is 6.10. The lowest BCUT2D eigenvalue weighted by atomic mass is 10.1. The number of aromatic nitrogens is 1. The zero-order valence-electron chi connectivity index (χ0n) is 10.1. The van der Waals surface area contributed by atoms with E-state index in [2.05, 4.69) is 6.07 Å². The molecule has 0 spiro atoms. The van der Waals surface area contributed by atoms with Gasteiger partial charge < -0.3 is 4.57 Å². The van der Waals surface area contributed by atoms with Gasteiger partial charge in [0.1, 0.15) is 0 Å². The average molecular weight is 271 g/mol. The van der Waals surface area contributed by atoms with Crippen molar-refractivity contribution in [3.63, 3.8) is 0 Å². The normalized spacial score (nSPS) is 16.9. The van der Waals surface area contributed by atoms with E-state index in [-0.39, 0.29) is 11.7 Å². The van der Waals surface area contributed by atoms with Gasteiger partial charge in [-0.25, -0.2) is 0 Å². The van der Waals surface area contributed by atoms with Crippen LogP contribution in [0, 0.1) is 11.3 Å². The number of carbonyl (C=O) groups is 1. The van der Waals surface area contributed by atoms with Crippen molar-refractivity contribution in [2.75, 3.05) is 0 Å². The van der Waals surface area contributed by atoms with Gasteiger partial charge >= 0.3 is 0 Å². The van der Waals surface area contributed by atoms with Crippen LogP contribution in [-0.4, -0.2) is 10.4 Å². The molecule has 0 bridgehead atoms. The summed E-state index contributed by atoms with van der Waals surface area (Å²) in [5.41, 5.74) is 2.05. The molecule has 0 amide bonds. The number of ketones is 1. The number of hydrogen-bond acceptors (Lipinski definition) is 2. The summed E-state index contributed by atoms with van der Waals surface area (Å²) in [7, 11) is 0. The Morgan fingerprint density at radius 1 is 1.32 bits per heavy atom. The van der Waals surface area contributed by atoms with E-state index in [0.717, 1.165) is 12.1 Å². The number of hydrogen-bond donors (Lipinski definition) is 0. The van der Waals surface area contributed by atoms with Crippen LogP contribution in [0.2, 0.25) is 5.02 Å². The summed E-state index contributed by atoms with van der Waals surface area (Å²) in [6.45, 7) is 0.714. The number of carbonyl (C=O) groups excluding carboxylic acids is 1. The largest absolute Gasteiger partial charge is 0.341 e. The van der Waals surface area contributed by atoms with Crippen molar-refractivity contribution in [2.24, 2.45) is 0 Å². The Morgan fingerprint density at radius 3 is 2.84 bits per heavy atom. The summed E-state index contributed by atoms with van der Waals surface area (Å²) < 4.78 is 1.93. The second-order valence-corrected chi connectivity index (χ2v) is 4.98. The lowest BCUT2D eigenvalue weighted by Crippen LogP contribution is -2.09. The zero-order chi connectivity index (χ0) is 13.4. The molecule has 1 aromatic heterocycles. The van der Waals surface area contributed by atoms with Crippen LogP contribution in [0.4, 0.5) is 0 Å². The molecular weight excluding hydrogens is 260 g/mol. The van der Waals surface area contributed by atoms with Gasteiger partial charge in [-0.05, 0) is 30.7 Å². The van der Waals surface area contributed by atoms with E-state index in [4.69, 9.17) is 16.9 Å². The summed E-state index contributed by atoms with van der Waals surface area (Å²) in [6.07, 6.45) is 0.773. The highest BCUT2D eigenvalue weighted by Crippen LogP contribution is 2.31. The minimum Gasteiger partial charge on any atom is -0.341 e. The molecule has 0 fully saturated rings. The fraction of sp³-hybridized carbons (Fsp3) is 0.200. The molecule has 1 aromatic carbocycles. The van der Waals surface area contributed by atoms with Crippen LogP contribution in [0.1, 0.15) is 34.1 Å². The third-order valence-corrected chi connectivity index (χ3v) is 3.85. The maximum absolute atomic E-state index is 12.5. The van der Waals surface area contributed by atoms with Gasteiger partial charge in [0.25, 0.3) is 0 Å². The van der Waals surface area contributed by atoms with Gasteiger partial charge in [0.15, 0.2) is 0 Å². The van der Waals surface area contributed by atoms with Crippen molar-refractivity contribution in [2.45, 2.75) is 18.9 Å². The Labute approximate surface area is 116 Å². The highest BCUT2D eigenvalue weighted by molar-refractivity contribution is 6.34. The van der Waals surface area contributed by atoms with Gasteiger partial charge in [0, 0.05) is 17.8 Å². The monoisotopic (exact) mass is 270 g/mol. The second-order valence-electron chi connectivity index (χ2n) is 4.57. The van der Waals surface area contributed by atoms with Crippen molar-refractivity contribution in [1.82, 2.24) is 4.57 Å². The molecule has 0 aliphatic carbocycles. The van der Waals surface area contributed by atoms with Crippen LogP contribution >= 0.6 is 11.6 Å². The molecule has 1 aliphatic heterocycles. The van der Waals surface area contributed by atoms with E-state index in [1.165, 1.54) is 0 Å². The van der Waals surface area contributed by atoms with Crippen LogP contribution < -0.4 is 0 Å². The minimum atomic E-state index is -0.104. The number of halogens is 1. The Kier molecular flexibility index (Phi) is 2.88. The van der Waals surface area contributed by atoms with Gasteiger partial charge in [-0.3, -0.25) is 4.79 Å². The molecule has 1 unspecified atom stereocenters. The van der Waals surface area contributed by atoms with E-state index >= 15 is 0 Å². The van der Waals surface area contributed by atoms with E-state index in [1.54, 1.807) is 30.3 Å². The van der Waals surface area contributed by atoms with Crippen LogP contribution in [-0.2, 0) is 6.54 Å². The average Bonchev–Trinajstić information content (AvgIpc) is 2.99. The van der Waals surface area contributed by atoms with Crippen molar-refractivity contribution >= 4 is 17.4 Å². The van der Waals surface area contributed by atoms with Gasteiger partial charge in [-0.15, -0.1) is 0 Å². The number of rotatable bonds is 2. The highest BCUT2D eigenvalue weighted by Gasteiger charge is 2.27. The minimum absolute atomic E-state index is 0.0876. The van der Waals surface area contributed by atoms with E-state index in [9.17, 15) is 4.79 Å². The van der Waals surface area contributed by atoms with Crippen molar-refractivity contribution < 1.29 is 4.79 Å². The second kappa shape index (κ2) is 4.56. The fourth-order valence-electron chi connectivity index (χ4n) is 2.56. The Balaban J connectivity index is 2.04. The van der Waals surface area contributed by atoms with E-state index in [1.807, 2.05) is 10.6 Å². The molecule has 0 saturated heterocycles. The number of nitrogens with zero attached hydrogens (tertiary/aromatic N) is 2. The number of nitriles is 1. The van der Waals surface area contributed by atoms with Crippen molar-refractivity contribution in [3.05, 3.63) is 58.4 Å². The summed E-state index contributed by atoms with van der Waals surface area (Å²) in [4.78, 5) is 12.5. The van der Waals surface area contributed by atoms with Crippen LogP contribution in [0.3, 0.4) is 0 Å². The molecule has 0 radical (unpaired) electrons. The van der Waals surface area contributed by atoms with Gasteiger partial charge in [0.2, 0.25) is 5.78 Å². The molecule has 2 aromatic rings. The van der Waals surface area contributed by atoms with Crippen LogP contribution in [0.5, 0.6) is 0 Å². The van der Waals surface area contributed by atoms with Gasteiger partial charge in [0.05, 0.1) is 22.7 Å². The highest BCUT2D eigenvalue weighted by atomic mass is 35.5. The maximum Gasteiger partial charge on any atom is 0.210 e. The molecule has 1 aliphatic rings. The lowest BCUT2D eigenvalue weighted by Gasteiger charge is -2.06. The topological polar surface area (TPSA) is 45.8 Å². The molecule has 3 rings (SSSR count). The summed E-state index contributed by atoms with van der Waals surface area (Å²) in [6, 6.07) is 12.9. The molecule has 4 heteroatoms. The first-order valence-corrected chi connectivity index (χ1v) is 6.48. The van der Waals surface area contributed by atoms with Gasteiger partial charge in [-0.1, -0.05) is 23.7 Å². The van der Waals surface area contributed by atoms with Crippen LogP contribution in [0.25, 0.3) is 0 Å². The number of benzene rings is 1. The van der Waals surface area contributed by atoms with Crippen LogP contribution in [0.15, 0.2) is 36.4 Å². The van der Waals surface area contributed by atoms with Crippen molar-refractivity contribution in [3.8, 4) is 6.07 Å². The molecule has 0 N–H and O–H groups in total. The van der Waals surface area contributed by atoms with E-state index in [0.29, 0.717) is 22.8 Å². The molecule has 1 atom stereocenters. The Bertz CT molecular complexity index is 696.